The first-order chi connectivity index (χ1) is 24.5. The number of nitrogens with zero attached hydrogens (tertiary/aromatic N) is 6. The minimum atomic E-state index is -0.886. The number of likely N-dealkylation sites (N-methyl/N-ethyl adjacent to an activating group) is 1. The molecular formula is C36H42FN7O7. The van der Waals surface area contributed by atoms with Crippen LogP contribution in [0.1, 0.15) is 32.6 Å². The average molecular weight is 704 g/mol. The Labute approximate surface area is 294 Å². The number of anilines is 2. The number of para-hydroxylation sites is 1. The van der Waals surface area contributed by atoms with Gasteiger partial charge in [0.2, 0.25) is 5.91 Å². The maximum absolute atomic E-state index is 14.3. The number of halogens is 1. The van der Waals surface area contributed by atoms with E-state index < -0.39 is 30.0 Å². The van der Waals surface area contributed by atoms with Crippen LogP contribution in [-0.2, 0) is 9.53 Å². The summed E-state index contributed by atoms with van der Waals surface area (Å²) >= 11 is 0. The minimum Gasteiger partial charge on any atom is -0.497 e. The van der Waals surface area contributed by atoms with Crippen molar-refractivity contribution < 1.29 is 33.0 Å². The number of hydrogen-bond acceptors (Lipinski definition) is 9. The van der Waals surface area contributed by atoms with Crippen molar-refractivity contribution in [2.75, 3.05) is 69.3 Å². The van der Waals surface area contributed by atoms with Crippen molar-refractivity contribution >= 4 is 40.3 Å². The van der Waals surface area contributed by atoms with Gasteiger partial charge in [-0.15, -0.1) is 0 Å². The third-order valence-corrected chi connectivity index (χ3v) is 8.85. The van der Waals surface area contributed by atoms with Gasteiger partial charge in [0, 0.05) is 31.9 Å². The van der Waals surface area contributed by atoms with Crippen LogP contribution in [0.15, 0.2) is 71.5 Å². The van der Waals surface area contributed by atoms with Crippen LogP contribution < -0.4 is 30.3 Å². The zero-order valence-electron chi connectivity index (χ0n) is 29.5. The van der Waals surface area contributed by atoms with Crippen molar-refractivity contribution in [3.63, 3.8) is 0 Å². The molecule has 3 aromatic carbocycles. The Balaban J connectivity index is 1.54. The molecule has 4 amide bonds. The van der Waals surface area contributed by atoms with Gasteiger partial charge in [0.15, 0.2) is 5.82 Å². The summed E-state index contributed by atoms with van der Waals surface area (Å²) in [5, 5.41) is 5.01. The molecule has 270 valence electrons. The number of carbonyl (C=O) groups excluding carboxylic acids is 3. The lowest BCUT2D eigenvalue weighted by atomic mass is 10.1. The van der Waals surface area contributed by atoms with E-state index in [-0.39, 0.29) is 50.1 Å². The van der Waals surface area contributed by atoms with Crippen LogP contribution in [0.4, 0.5) is 25.4 Å². The number of nitrogens with one attached hydrogen (secondary N) is 1. The van der Waals surface area contributed by atoms with Crippen molar-refractivity contribution in [2.24, 2.45) is 0 Å². The quantitative estimate of drug-likeness (QED) is 0.251. The van der Waals surface area contributed by atoms with Crippen molar-refractivity contribution in [3.8, 4) is 11.5 Å². The van der Waals surface area contributed by atoms with Gasteiger partial charge < -0.3 is 29.4 Å². The van der Waals surface area contributed by atoms with E-state index in [2.05, 4.69) is 5.32 Å². The Hall–Kier alpha value is -5.86. The van der Waals surface area contributed by atoms with Gasteiger partial charge in [-0.1, -0.05) is 12.1 Å². The Morgan fingerprint density at radius 3 is 2.29 bits per heavy atom. The number of rotatable bonds is 10. The lowest BCUT2D eigenvalue weighted by Gasteiger charge is -2.40. The molecule has 1 aromatic heterocycles. The Morgan fingerprint density at radius 1 is 0.961 bits per heavy atom. The molecule has 0 spiro atoms. The average Bonchev–Trinajstić information content (AvgIpc) is 3.15. The van der Waals surface area contributed by atoms with Gasteiger partial charge in [0.1, 0.15) is 23.4 Å². The molecule has 1 fully saturated rings. The standard InChI is InChI=1S/C36H42FN7O7/c1-7-51-36(48)40(4)24(3)33(45)41-18-20-42(21-19-41)44-32(39-29-11-9-8-10-28(29)34(44)46)23(2)43(30-17-16-27(49-5)22-31(30)50-6)35(47)38-26-14-12-25(37)13-15-26/h8-17,22-24H,7,18-21H2,1-6H3,(H,38,47). The van der Waals surface area contributed by atoms with E-state index in [9.17, 15) is 23.6 Å². The molecule has 1 aliphatic heterocycles. The maximum Gasteiger partial charge on any atom is 0.410 e. The second kappa shape index (κ2) is 15.8. The molecule has 0 bridgehead atoms. The Morgan fingerprint density at radius 2 is 1.65 bits per heavy atom. The number of urea groups is 1. The zero-order chi connectivity index (χ0) is 36.8. The first kappa shape index (κ1) is 36.4. The number of amides is 4. The summed E-state index contributed by atoms with van der Waals surface area (Å²) in [6.45, 7) is 6.30. The van der Waals surface area contributed by atoms with Gasteiger partial charge in [0.25, 0.3) is 5.56 Å². The number of aromatic nitrogens is 2. The molecule has 5 rings (SSSR count). The number of ether oxygens (including phenoxy) is 3. The minimum absolute atomic E-state index is 0.189. The second-order valence-electron chi connectivity index (χ2n) is 11.9. The molecule has 15 heteroatoms. The van der Waals surface area contributed by atoms with Crippen molar-refractivity contribution in [2.45, 2.75) is 32.9 Å². The van der Waals surface area contributed by atoms with Crippen LogP contribution in [-0.4, -0.2) is 97.6 Å². The molecular weight excluding hydrogens is 661 g/mol. The highest BCUT2D eigenvalue weighted by Crippen LogP contribution is 2.37. The van der Waals surface area contributed by atoms with E-state index in [4.69, 9.17) is 19.2 Å². The fourth-order valence-corrected chi connectivity index (χ4v) is 5.92. The molecule has 0 saturated carbocycles. The monoisotopic (exact) mass is 703 g/mol. The first-order valence-electron chi connectivity index (χ1n) is 16.5. The third kappa shape index (κ3) is 7.66. The van der Waals surface area contributed by atoms with E-state index >= 15 is 0 Å². The van der Waals surface area contributed by atoms with Gasteiger partial charge in [-0.2, -0.15) is 0 Å². The van der Waals surface area contributed by atoms with Crippen LogP contribution in [0, 0.1) is 5.82 Å². The Kier molecular flexibility index (Phi) is 11.3. The van der Waals surface area contributed by atoms with Gasteiger partial charge in [0.05, 0.1) is 56.5 Å². The van der Waals surface area contributed by atoms with E-state index in [1.54, 1.807) is 73.1 Å². The van der Waals surface area contributed by atoms with Crippen molar-refractivity contribution in [3.05, 3.63) is 88.7 Å². The van der Waals surface area contributed by atoms with Gasteiger partial charge >= 0.3 is 12.1 Å². The summed E-state index contributed by atoms with van der Waals surface area (Å²) in [7, 11) is 4.50. The van der Waals surface area contributed by atoms with Crippen LogP contribution in [0.2, 0.25) is 0 Å². The molecule has 51 heavy (non-hydrogen) atoms. The first-order valence-corrected chi connectivity index (χ1v) is 16.5. The normalized spacial score (nSPS) is 14.0. The van der Waals surface area contributed by atoms with Gasteiger partial charge in [-0.3, -0.25) is 19.4 Å². The second-order valence-corrected chi connectivity index (χ2v) is 11.9. The lowest BCUT2D eigenvalue weighted by molar-refractivity contribution is -0.136. The zero-order valence-corrected chi connectivity index (χ0v) is 29.5. The van der Waals surface area contributed by atoms with Gasteiger partial charge in [-0.25, -0.2) is 23.6 Å². The van der Waals surface area contributed by atoms with Crippen LogP contribution in [0.5, 0.6) is 11.5 Å². The number of hydrogen-bond donors (Lipinski definition) is 1. The van der Waals surface area contributed by atoms with E-state index in [1.807, 2.05) is 0 Å². The summed E-state index contributed by atoms with van der Waals surface area (Å²) in [6, 6.07) is 15.0. The van der Waals surface area contributed by atoms with Gasteiger partial charge in [-0.05, 0) is 69.3 Å². The summed E-state index contributed by atoms with van der Waals surface area (Å²) in [5.74, 6) is 0.359. The number of fused-ring (bicyclic) bond motifs is 1. The Bertz CT molecular complexity index is 1950. The third-order valence-electron chi connectivity index (χ3n) is 8.85. The fourth-order valence-electron chi connectivity index (χ4n) is 5.92. The molecule has 2 atom stereocenters. The largest absolute Gasteiger partial charge is 0.497 e. The lowest BCUT2D eigenvalue weighted by Crippen LogP contribution is -2.59. The topological polar surface area (TPSA) is 139 Å². The molecule has 0 aliphatic carbocycles. The molecule has 4 aromatic rings. The SMILES string of the molecule is CCOC(=O)N(C)C(C)C(=O)N1CCN(n2c(C(C)N(C(=O)Nc3ccc(F)cc3)c3ccc(OC)cc3OC)nc3ccccc3c2=O)CC1. The molecule has 2 heterocycles. The summed E-state index contributed by atoms with van der Waals surface area (Å²) < 4.78 is 31.3. The number of piperazine rings is 1. The number of carbonyl (C=O) groups is 3. The maximum atomic E-state index is 14.3. The van der Waals surface area contributed by atoms with Crippen LogP contribution in [0.25, 0.3) is 10.9 Å². The highest BCUT2D eigenvalue weighted by molar-refractivity contribution is 6.03. The van der Waals surface area contributed by atoms with Crippen LogP contribution in [0.3, 0.4) is 0 Å². The predicted molar refractivity (Wildman–Crippen MR) is 191 cm³/mol. The highest BCUT2D eigenvalue weighted by Gasteiger charge is 2.34. The molecule has 1 N–H and O–H groups in total. The number of benzene rings is 3. The van der Waals surface area contributed by atoms with Crippen molar-refractivity contribution in [1.82, 2.24) is 19.5 Å². The summed E-state index contributed by atoms with van der Waals surface area (Å²) in [5.41, 5.74) is 0.789. The molecule has 0 radical (unpaired) electrons. The summed E-state index contributed by atoms with van der Waals surface area (Å²) in [6.07, 6.45) is -0.592. The van der Waals surface area contributed by atoms with E-state index in [0.717, 1.165) is 0 Å². The molecule has 1 saturated heterocycles. The molecule has 1 aliphatic rings. The van der Waals surface area contributed by atoms with Crippen molar-refractivity contribution in [1.29, 1.82) is 0 Å². The fraction of sp³-hybridized carbons (Fsp3) is 0.361. The predicted octanol–water partition coefficient (Wildman–Crippen LogP) is 4.61. The smallest absolute Gasteiger partial charge is 0.410 e. The molecule has 2 unspecified atom stereocenters. The highest BCUT2D eigenvalue weighted by atomic mass is 19.1. The number of methoxy groups -OCH3 is 2. The van der Waals surface area contributed by atoms with E-state index in [1.165, 1.54) is 60.0 Å². The van der Waals surface area contributed by atoms with E-state index in [0.29, 0.717) is 33.8 Å². The summed E-state index contributed by atoms with van der Waals surface area (Å²) in [4.78, 5) is 63.4. The van der Waals surface area contributed by atoms with Crippen LogP contribution >= 0.6 is 0 Å². The molecule has 14 nitrogen and oxygen atoms in total.